The zero-order valence-corrected chi connectivity index (χ0v) is 15.5. The van der Waals surface area contributed by atoms with E-state index in [1.807, 2.05) is 0 Å². The maximum atomic E-state index is 5.91. The van der Waals surface area contributed by atoms with Crippen LogP contribution in [0.4, 0.5) is 0 Å². The first-order chi connectivity index (χ1) is 12.3. The van der Waals surface area contributed by atoms with Gasteiger partial charge in [-0.2, -0.15) is 0 Å². The molecule has 0 bridgehead atoms. The quantitative estimate of drug-likeness (QED) is 0.757. The number of morpholine rings is 1. The summed E-state index contributed by atoms with van der Waals surface area (Å²) < 4.78 is 11.3. The highest BCUT2D eigenvalue weighted by Crippen LogP contribution is 2.12. The van der Waals surface area contributed by atoms with E-state index in [0.29, 0.717) is 0 Å². The highest BCUT2D eigenvalue weighted by atomic mass is 16.5. The van der Waals surface area contributed by atoms with Crippen molar-refractivity contribution >= 4 is 0 Å². The average molecular weight is 348 g/mol. The second-order valence-electron chi connectivity index (χ2n) is 6.70. The van der Waals surface area contributed by atoms with Crippen molar-refractivity contribution in [2.75, 3.05) is 72.2 Å². The van der Waals surface area contributed by atoms with Crippen LogP contribution in [-0.4, -0.2) is 87.0 Å². The second-order valence-corrected chi connectivity index (χ2v) is 6.70. The lowest BCUT2D eigenvalue weighted by molar-refractivity contribution is 0.0106. The summed E-state index contributed by atoms with van der Waals surface area (Å²) in [5.74, 6) is 0.960. The molecule has 2 aliphatic rings. The van der Waals surface area contributed by atoms with Crippen LogP contribution >= 0.6 is 0 Å². The summed E-state index contributed by atoms with van der Waals surface area (Å²) in [6.45, 7) is 14.2. The van der Waals surface area contributed by atoms with Crippen LogP contribution in [0, 0.1) is 0 Å². The summed E-state index contributed by atoms with van der Waals surface area (Å²) in [6.07, 6.45) is 0. The summed E-state index contributed by atoms with van der Waals surface area (Å²) in [6, 6.07) is 8.43. The minimum absolute atomic E-state index is 0.761. The molecule has 2 aliphatic heterocycles. The van der Waals surface area contributed by atoms with Crippen LogP contribution in [0.3, 0.4) is 0 Å². The van der Waals surface area contributed by atoms with Gasteiger partial charge in [0.1, 0.15) is 12.4 Å². The van der Waals surface area contributed by atoms with Gasteiger partial charge in [0.15, 0.2) is 0 Å². The number of piperazine rings is 1. The monoisotopic (exact) mass is 348 g/mol. The summed E-state index contributed by atoms with van der Waals surface area (Å²) in [5, 5.41) is 2.23. The number of rotatable bonds is 8. The molecule has 2 saturated heterocycles. The van der Waals surface area contributed by atoms with Gasteiger partial charge in [-0.05, 0) is 24.2 Å². The minimum Gasteiger partial charge on any atom is -0.492 e. The highest BCUT2D eigenvalue weighted by molar-refractivity contribution is 5.27. The maximum Gasteiger partial charge on any atom is 0.119 e. The molecule has 0 spiro atoms. The Hall–Kier alpha value is -1.18. The number of hydrogen-bond donors (Lipinski definition) is 1. The van der Waals surface area contributed by atoms with Crippen LogP contribution in [0.5, 0.6) is 5.75 Å². The molecule has 1 aromatic carbocycles. The van der Waals surface area contributed by atoms with Crippen molar-refractivity contribution in [2.24, 2.45) is 0 Å². The molecule has 140 valence electrons. The molecule has 0 aromatic heterocycles. The van der Waals surface area contributed by atoms with Crippen LogP contribution in [0.25, 0.3) is 0 Å². The first-order valence-corrected chi connectivity index (χ1v) is 9.56. The largest absolute Gasteiger partial charge is 0.492 e. The van der Waals surface area contributed by atoms with E-state index in [-0.39, 0.29) is 0 Å². The van der Waals surface area contributed by atoms with E-state index in [1.54, 1.807) is 0 Å². The molecular weight excluding hydrogens is 316 g/mol. The Bertz CT molecular complexity index is 483. The first kappa shape index (κ1) is 18.6. The molecule has 2 heterocycles. The topological polar surface area (TPSA) is 40.2 Å². The Labute approximate surface area is 151 Å². The molecule has 1 aromatic rings. The van der Waals surface area contributed by atoms with Crippen molar-refractivity contribution in [2.45, 2.75) is 13.5 Å². The summed E-state index contributed by atoms with van der Waals surface area (Å²) in [5.41, 5.74) is 4.73. The Balaban J connectivity index is 1.32. The summed E-state index contributed by atoms with van der Waals surface area (Å²) in [4.78, 5) is 4.99. The lowest BCUT2D eigenvalue weighted by Crippen LogP contribution is -2.47. The predicted molar refractivity (Wildman–Crippen MR) is 99.7 cm³/mol. The number of nitrogens with zero attached hydrogens (tertiary/aromatic N) is 3. The van der Waals surface area contributed by atoms with E-state index in [9.17, 15) is 0 Å². The van der Waals surface area contributed by atoms with Crippen molar-refractivity contribution in [1.29, 1.82) is 0 Å². The van der Waals surface area contributed by atoms with E-state index in [0.717, 1.165) is 71.4 Å². The van der Waals surface area contributed by atoms with E-state index < -0.39 is 0 Å². The third kappa shape index (κ3) is 6.24. The molecule has 0 atom stereocenters. The van der Waals surface area contributed by atoms with E-state index in [2.05, 4.69) is 51.4 Å². The van der Waals surface area contributed by atoms with Crippen LogP contribution in [-0.2, 0) is 11.3 Å². The van der Waals surface area contributed by atoms with Gasteiger partial charge in [-0.1, -0.05) is 19.1 Å². The van der Waals surface area contributed by atoms with Crippen molar-refractivity contribution in [3.8, 4) is 5.75 Å². The molecule has 0 aliphatic carbocycles. The Kier molecular flexibility index (Phi) is 7.51. The van der Waals surface area contributed by atoms with Crippen LogP contribution in [0.2, 0.25) is 0 Å². The van der Waals surface area contributed by atoms with Crippen LogP contribution in [0.15, 0.2) is 24.3 Å². The van der Waals surface area contributed by atoms with Crippen molar-refractivity contribution < 1.29 is 9.47 Å². The summed E-state index contributed by atoms with van der Waals surface area (Å²) >= 11 is 0. The Morgan fingerprint density at radius 3 is 2.32 bits per heavy atom. The van der Waals surface area contributed by atoms with Gasteiger partial charge in [0.2, 0.25) is 0 Å². The molecule has 1 N–H and O–H groups in total. The number of nitrogens with one attached hydrogen (secondary N) is 1. The number of ether oxygens (including phenoxy) is 2. The number of hydrazine groups is 1. The van der Waals surface area contributed by atoms with Crippen LogP contribution in [0.1, 0.15) is 12.5 Å². The van der Waals surface area contributed by atoms with Gasteiger partial charge in [0.05, 0.1) is 13.2 Å². The van der Waals surface area contributed by atoms with Gasteiger partial charge in [-0.3, -0.25) is 10.3 Å². The molecular formula is C19H32N4O2. The third-order valence-corrected chi connectivity index (χ3v) is 5.03. The molecule has 6 nitrogen and oxygen atoms in total. The number of benzene rings is 1. The smallest absolute Gasteiger partial charge is 0.119 e. The fourth-order valence-corrected chi connectivity index (χ4v) is 3.25. The van der Waals surface area contributed by atoms with Crippen LogP contribution < -0.4 is 10.2 Å². The number of likely N-dealkylation sites (N-methyl/N-ethyl adjacent to an activating group) is 1. The SMILES string of the molecule is CCN1CCN(CCOc2ccc(CNN3CCOCC3)cc2)CC1. The first-order valence-electron chi connectivity index (χ1n) is 9.56. The normalized spacial score (nSPS) is 20.7. The molecule has 6 heteroatoms. The lowest BCUT2D eigenvalue weighted by Gasteiger charge is -2.33. The second kappa shape index (κ2) is 10.1. The molecule has 25 heavy (non-hydrogen) atoms. The van der Waals surface area contributed by atoms with Gasteiger partial charge in [0.25, 0.3) is 0 Å². The van der Waals surface area contributed by atoms with Crippen molar-refractivity contribution in [1.82, 2.24) is 20.2 Å². The molecule has 2 fully saturated rings. The van der Waals surface area contributed by atoms with Crippen molar-refractivity contribution in [3.05, 3.63) is 29.8 Å². The minimum atomic E-state index is 0.761. The Morgan fingerprint density at radius 1 is 0.960 bits per heavy atom. The van der Waals surface area contributed by atoms with E-state index in [1.165, 1.54) is 18.7 Å². The standard InChI is InChI=1S/C19H32N4O2/c1-2-21-7-9-22(10-8-21)11-16-25-19-5-3-18(4-6-19)17-20-23-12-14-24-15-13-23/h3-6,20H,2,7-17H2,1H3. The highest BCUT2D eigenvalue weighted by Gasteiger charge is 2.15. The zero-order valence-electron chi connectivity index (χ0n) is 15.5. The average Bonchev–Trinajstić information content (AvgIpc) is 2.69. The summed E-state index contributed by atoms with van der Waals surface area (Å²) in [7, 11) is 0. The molecule has 0 saturated carbocycles. The van der Waals surface area contributed by atoms with Gasteiger partial charge in [-0.25, -0.2) is 5.01 Å². The number of hydrogen-bond acceptors (Lipinski definition) is 6. The molecule has 0 unspecified atom stereocenters. The fourth-order valence-electron chi connectivity index (χ4n) is 3.25. The lowest BCUT2D eigenvalue weighted by atomic mass is 10.2. The van der Waals surface area contributed by atoms with Gasteiger partial charge < -0.3 is 14.4 Å². The third-order valence-electron chi connectivity index (χ3n) is 5.03. The van der Waals surface area contributed by atoms with Crippen molar-refractivity contribution in [3.63, 3.8) is 0 Å². The predicted octanol–water partition coefficient (Wildman–Crippen LogP) is 1.04. The Morgan fingerprint density at radius 2 is 1.64 bits per heavy atom. The molecule has 0 amide bonds. The fraction of sp³-hybridized carbons (Fsp3) is 0.684. The van der Waals surface area contributed by atoms with Gasteiger partial charge >= 0.3 is 0 Å². The molecule has 3 rings (SSSR count). The van der Waals surface area contributed by atoms with E-state index >= 15 is 0 Å². The maximum absolute atomic E-state index is 5.91. The van der Waals surface area contributed by atoms with E-state index in [4.69, 9.17) is 9.47 Å². The zero-order chi connectivity index (χ0) is 17.3. The van der Waals surface area contributed by atoms with Gasteiger partial charge in [-0.15, -0.1) is 0 Å². The molecule has 0 radical (unpaired) electrons. The van der Waals surface area contributed by atoms with Gasteiger partial charge in [0, 0.05) is 52.4 Å².